The number of quaternary nitrogens is 1. The van der Waals surface area contributed by atoms with Crippen LogP contribution in [0.15, 0.2) is 35.7 Å². The van der Waals surface area contributed by atoms with Gasteiger partial charge in [0.15, 0.2) is 5.71 Å². The van der Waals surface area contributed by atoms with Crippen molar-refractivity contribution in [2.24, 2.45) is 0 Å². The van der Waals surface area contributed by atoms with Gasteiger partial charge >= 0.3 is 5.97 Å². The van der Waals surface area contributed by atoms with E-state index < -0.39 is 17.8 Å². The number of methoxy groups -OCH3 is 1. The van der Waals surface area contributed by atoms with Crippen LogP contribution in [0.25, 0.3) is 0 Å². The van der Waals surface area contributed by atoms with Gasteiger partial charge in [0.25, 0.3) is 5.88 Å². The fraction of sp³-hybridized carbons (Fsp3) is 0.364. The minimum absolute atomic E-state index is 0.124. The molecule has 0 saturated carbocycles. The van der Waals surface area contributed by atoms with Crippen molar-refractivity contribution in [1.82, 2.24) is 9.97 Å². The van der Waals surface area contributed by atoms with E-state index in [0.717, 1.165) is 5.56 Å². The molecular weight excluding hydrogens is 434 g/mol. The van der Waals surface area contributed by atoms with Gasteiger partial charge in [0.1, 0.15) is 11.8 Å². The molecule has 2 atom stereocenters. The molecule has 0 aliphatic heterocycles. The van der Waals surface area contributed by atoms with E-state index >= 15 is 0 Å². The fourth-order valence-corrected chi connectivity index (χ4v) is 3.87. The fourth-order valence-electron chi connectivity index (χ4n) is 3.69. The summed E-state index contributed by atoms with van der Waals surface area (Å²) in [5.74, 6) is -0.281. The molecule has 1 aliphatic rings. The summed E-state index contributed by atoms with van der Waals surface area (Å²) in [6.45, 7) is 3.71. The third kappa shape index (κ3) is 4.45. The molecule has 2 unspecified atom stereocenters. The van der Waals surface area contributed by atoms with E-state index in [2.05, 4.69) is 9.97 Å². The minimum atomic E-state index is -1.20. The maximum atomic E-state index is 12.4. The number of esters is 1. The number of anilines is 1. The zero-order valence-corrected chi connectivity index (χ0v) is 19.4. The van der Waals surface area contributed by atoms with Crippen molar-refractivity contribution in [2.75, 3.05) is 32.7 Å². The van der Waals surface area contributed by atoms with Crippen molar-refractivity contribution in [3.8, 4) is 5.88 Å². The molecule has 0 bridgehead atoms. The predicted octanol–water partition coefficient (Wildman–Crippen LogP) is 2.09. The Kier molecular flexibility index (Phi) is 7.12. The number of allylic oxidation sites excluding steroid dienone is 1. The van der Waals surface area contributed by atoms with Crippen LogP contribution < -0.4 is 15.0 Å². The van der Waals surface area contributed by atoms with Crippen LogP contribution in [0, 0.1) is 5.41 Å². The van der Waals surface area contributed by atoms with Crippen LogP contribution in [0.4, 0.5) is 11.6 Å². The number of aliphatic hydroxyl groups excluding tert-OH is 1. The Balaban J connectivity index is 2.16. The Morgan fingerprint density at radius 2 is 2.06 bits per heavy atom. The summed E-state index contributed by atoms with van der Waals surface area (Å²) in [5.41, 5.74) is 2.28. The van der Waals surface area contributed by atoms with Crippen LogP contribution in [0.5, 0.6) is 5.88 Å². The number of nitrogens with two attached hydrogens (primary N) is 1. The number of hydrogen-bond acceptors (Lipinski definition) is 8. The van der Waals surface area contributed by atoms with Crippen LogP contribution in [-0.2, 0) is 9.53 Å². The summed E-state index contributed by atoms with van der Waals surface area (Å²) >= 11 is 6.21. The molecule has 10 heteroatoms. The molecule has 3 rings (SSSR count). The van der Waals surface area contributed by atoms with Gasteiger partial charge in [-0.1, -0.05) is 17.7 Å². The number of carbonyl (C=O) groups excluding carboxylic acids is 1. The average molecular weight is 461 g/mol. The molecule has 4 N–H and O–H groups in total. The molecule has 170 valence electrons. The van der Waals surface area contributed by atoms with Crippen molar-refractivity contribution in [2.45, 2.75) is 25.9 Å². The Hall–Kier alpha value is -3.01. The van der Waals surface area contributed by atoms with Crippen molar-refractivity contribution in [3.05, 3.63) is 51.8 Å². The Morgan fingerprint density at radius 3 is 2.69 bits per heavy atom. The third-order valence-electron chi connectivity index (χ3n) is 5.28. The highest BCUT2D eigenvalue weighted by molar-refractivity contribution is 6.42. The molecular formula is C22H27ClN5O4+. The van der Waals surface area contributed by atoms with E-state index in [1.165, 1.54) is 7.11 Å². The Bertz CT molecular complexity index is 1090. The second-order valence-electron chi connectivity index (χ2n) is 7.54. The SMILES string of the molecule is CCOC(=O)C(=N)C1=C([NH2+]c2cnc(N(C)C)nc2OC)C(C)c2cc(Cl)ccc2C1O. The molecule has 0 radical (unpaired) electrons. The van der Waals surface area contributed by atoms with E-state index in [0.29, 0.717) is 33.8 Å². The van der Waals surface area contributed by atoms with Gasteiger partial charge in [0.05, 0.1) is 31.4 Å². The highest BCUT2D eigenvalue weighted by Gasteiger charge is 2.39. The van der Waals surface area contributed by atoms with Crippen LogP contribution in [0.2, 0.25) is 5.02 Å². The number of aliphatic hydroxyl groups is 1. The number of nitrogens with zero attached hydrogens (tertiary/aromatic N) is 3. The first kappa shape index (κ1) is 23.6. The summed E-state index contributed by atoms with van der Waals surface area (Å²) in [6, 6.07) is 5.17. The maximum Gasteiger partial charge on any atom is 0.356 e. The number of nitrogens with one attached hydrogen (secondary N) is 1. The monoisotopic (exact) mass is 460 g/mol. The van der Waals surface area contributed by atoms with Crippen molar-refractivity contribution < 1.29 is 24.7 Å². The van der Waals surface area contributed by atoms with Gasteiger partial charge < -0.3 is 19.5 Å². The molecule has 0 spiro atoms. The highest BCUT2D eigenvalue weighted by Crippen LogP contribution is 2.41. The predicted molar refractivity (Wildman–Crippen MR) is 121 cm³/mol. The number of carbonyl (C=O) groups is 1. The van der Waals surface area contributed by atoms with Gasteiger partial charge in [-0.3, -0.25) is 10.7 Å². The Labute approximate surface area is 191 Å². The normalized spacial score (nSPS) is 17.6. The summed E-state index contributed by atoms with van der Waals surface area (Å²) in [5, 5.41) is 21.9. The summed E-state index contributed by atoms with van der Waals surface area (Å²) < 4.78 is 10.5. The molecule has 32 heavy (non-hydrogen) atoms. The first-order chi connectivity index (χ1) is 15.2. The topological polar surface area (TPSA) is 125 Å². The minimum Gasteiger partial charge on any atom is -0.477 e. The molecule has 1 heterocycles. The van der Waals surface area contributed by atoms with Crippen LogP contribution >= 0.6 is 11.6 Å². The standard InChI is InChI=1S/C22H26ClN5O4/c1-6-32-21(30)17(24)16-18(11(2)14-9-12(23)7-8-13(14)19(16)29)26-15-10-25-22(28(3)4)27-20(15)31-5/h7-11,19,24,26,29H,6H2,1-5H3/p+1. The number of fused-ring (bicyclic) bond motifs is 1. The molecule has 0 saturated heterocycles. The number of ether oxygens (including phenoxy) is 2. The quantitative estimate of drug-likeness (QED) is 0.426. The first-order valence-electron chi connectivity index (χ1n) is 10.1. The van der Waals surface area contributed by atoms with Crippen molar-refractivity contribution >= 4 is 34.9 Å². The van der Waals surface area contributed by atoms with Crippen molar-refractivity contribution in [3.63, 3.8) is 0 Å². The lowest BCUT2D eigenvalue weighted by Gasteiger charge is -2.30. The van der Waals surface area contributed by atoms with E-state index in [1.54, 1.807) is 41.5 Å². The molecule has 1 aliphatic carbocycles. The van der Waals surface area contributed by atoms with Gasteiger partial charge in [-0.15, -0.1) is 0 Å². The molecule has 2 aromatic rings. The van der Waals surface area contributed by atoms with E-state index in [1.807, 2.05) is 21.0 Å². The number of rotatable bonds is 7. The smallest absolute Gasteiger partial charge is 0.356 e. The van der Waals surface area contributed by atoms with Crippen LogP contribution in [0.1, 0.15) is 37.0 Å². The number of benzene rings is 1. The summed E-state index contributed by atoms with van der Waals surface area (Å²) in [7, 11) is 5.14. The van der Waals surface area contributed by atoms with Crippen LogP contribution in [-0.4, -0.2) is 54.6 Å². The van der Waals surface area contributed by atoms with Gasteiger partial charge in [0.2, 0.25) is 11.6 Å². The molecule has 9 nitrogen and oxygen atoms in total. The second kappa shape index (κ2) is 9.64. The van der Waals surface area contributed by atoms with E-state index in [4.69, 9.17) is 26.5 Å². The summed E-state index contributed by atoms with van der Waals surface area (Å²) in [4.78, 5) is 22.9. The first-order valence-corrected chi connectivity index (χ1v) is 10.5. The third-order valence-corrected chi connectivity index (χ3v) is 5.52. The maximum absolute atomic E-state index is 12.4. The largest absolute Gasteiger partial charge is 0.477 e. The van der Waals surface area contributed by atoms with Gasteiger partial charge in [-0.05, 0) is 37.1 Å². The molecule has 0 amide bonds. The number of halogens is 1. The lowest BCUT2D eigenvalue weighted by atomic mass is 9.78. The van der Waals surface area contributed by atoms with Gasteiger partial charge in [0, 0.05) is 19.1 Å². The second-order valence-corrected chi connectivity index (χ2v) is 7.97. The number of aromatic nitrogens is 2. The highest BCUT2D eigenvalue weighted by atomic mass is 35.5. The molecule has 1 aromatic carbocycles. The zero-order valence-electron chi connectivity index (χ0n) is 18.6. The van der Waals surface area contributed by atoms with Gasteiger partial charge in [-0.25, -0.2) is 9.78 Å². The lowest BCUT2D eigenvalue weighted by molar-refractivity contribution is -0.524. The average Bonchev–Trinajstić information content (AvgIpc) is 2.77. The number of hydrogen-bond donors (Lipinski definition) is 3. The summed E-state index contributed by atoms with van der Waals surface area (Å²) in [6.07, 6.45) is 0.404. The van der Waals surface area contributed by atoms with Gasteiger partial charge in [-0.2, -0.15) is 4.98 Å². The lowest BCUT2D eigenvalue weighted by Crippen LogP contribution is -2.78. The molecule has 1 aromatic heterocycles. The molecule has 0 fully saturated rings. The van der Waals surface area contributed by atoms with Crippen molar-refractivity contribution in [1.29, 1.82) is 5.41 Å². The van der Waals surface area contributed by atoms with Crippen LogP contribution in [0.3, 0.4) is 0 Å². The van der Waals surface area contributed by atoms with E-state index in [9.17, 15) is 9.90 Å². The zero-order chi connectivity index (χ0) is 23.6. The van der Waals surface area contributed by atoms with E-state index in [-0.39, 0.29) is 18.1 Å². The Morgan fingerprint density at radius 1 is 1.34 bits per heavy atom.